The summed E-state index contributed by atoms with van der Waals surface area (Å²) in [5, 5.41) is 5.58. The van der Waals surface area contributed by atoms with Crippen LogP contribution in [0.3, 0.4) is 0 Å². The first-order chi connectivity index (χ1) is 15.0. The van der Waals surface area contributed by atoms with E-state index in [4.69, 9.17) is 15.2 Å². The number of piperidine rings is 1. The second-order valence-electron chi connectivity index (χ2n) is 7.58. The highest BCUT2D eigenvalue weighted by atomic mass is 16.5. The highest BCUT2D eigenvalue weighted by Gasteiger charge is 2.35. The average molecular weight is 426 g/mol. The molecule has 2 aliphatic rings. The molecule has 2 amide bonds. The van der Waals surface area contributed by atoms with Gasteiger partial charge in [-0.1, -0.05) is 0 Å². The van der Waals surface area contributed by atoms with Gasteiger partial charge in [0.25, 0.3) is 0 Å². The van der Waals surface area contributed by atoms with E-state index in [2.05, 4.69) is 25.5 Å². The van der Waals surface area contributed by atoms with Crippen LogP contribution < -0.4 is 30.7 Å². The van der Waals surface area contributed by atoms with Gasteiger partial charge < -0.3 is 30.7 Å². The molecule has 2 aliphatic heterocycles. The molecule has 1 saturated heterocycles. The topological polar surface area (TPSA) is 132 Å². The van der Waals surface area contributed by atoms with Crippen molar-refractivity contribution in [1.29, 1.82) is 0 Å². The minimum Gasteiger partial charge on any atom is -0.497 e. The fourth-order valence-corrected chi connectivity index (χ4v) is 3.96. The first-order valence-electron chi connectivity index (χ1n) is 10.2. The molecule has 4 N–H and O–H groups in total. The van der Waals surface area contributed by atoms with Crippen LogP contribution in [0.1, 0.15) is 37.2 Å². The molecule has 10 heteroatoms. The lowest BCUT2D eigenvalue weighted by Gasteiger charge is -2.30. The number of methoxy groups -OCH3 is 2. The Morgan fingerprint density at radius 3 is 2.68 bits per heavy atom. The first kappa shape index (κ1) is 20.7. The van der Waals surface area contributed by atoms with Crippen LogP contribution in [-0.4, -0.2) is 49.1 Å². The first-order valence-corrected chi connectivity index (χ1v) is 10.2. The van der Waals surface area contributed by atoms with Crippen LogP contribution >= 0.6 is 0 Å². The van der Waals surface area contributed by atoms with Crippen LogP contribution in [0.5, 0.6) is 11.5 Å². The van der Waals surface area contributed by atoms with E-state index < -0.39 is 5.92 Å². The van der Waals surface area contributed by atoms with Gasteiger partial charge in [-0.3, -0.25) is 9.59 Å². The Kier molecular flexibility index (Phi) is 5.79. The maximum atomic E-state index is 13.1. The third kappa shape index (κ3) is 4.18. The number of hydrogen-bond acceptors (Lipinski definition) is 8. The van der Waals surface area contributed by atoms with Crippen LogP contribution in [0, 0.1) is 0 Å². The molecule has 0 radical (unpaired) electrons. The molecule has 0 saturated carbocycles. The molecule has 4 rings (SSSR count). The number of anilines is 4. The fourth-order valence-electron chi connectivity index (χ4n) is 3.96. The highest BCUT2D eigenvalue weighted by Crippen LogP contribution is 2.38. The zero-order valence-electron chi connectivity index (χ0n) is 17.6. The van der Waals surface area contributed by atoms with Crippen LogP contribution in [0.4, 0.5) is 23.3 Å². The molecule has 0 unspecified atom stereocenters. The molecule has 1 aromatic carbocycles. The van der Waals surface area contributed by atoms with Crippen molar-refractivity contribution in [3.05, 3.63) is 23.8 Å². The summed E-state index contributed by atoms with van der Waals surface area (Å²) in [5.74, 6) is 0.522. The molecular formula is C21H26N6O4. The number of nitrogen functional groups attached to an aromatic ring is 1. The number of aromatic nitrogens is 2. The number of benzene rings is 1. The van der Waals surface area contributed by atoms with E-state index in [9.17, 15) is 9.59 Å². The summed E-state index contributed by atoms with van der Waals surface area (Å²) in [6, 6.07) is 5.06. The van der Waals surface area contributed by atoms with Gasteiger partial charge in [0.05, 0.1) is 31.4 Å². The van der Waals surface area contributed by atoms with Gasteiger partial charge in [-0.2, -0.15) is 9.97 Å². The predicted octanol–water partition coefficient (Wildman–Crippen LogP) is 2.13. The Balaban J connectivity index is 1.63. The number of nitrogens with zero attached hydrogens (tertiary/aromatic N) is 3. The number of carbonyl (C=O) groups is 2. The maximum absolute atomic E-state index is 13.1. The molecule has 1 fully saturated rings. The van der Waals surface area contributed by atoms with E-state index in [0.29, 0.717) is 34.5 Å². The van der Waals surface area contributed by atoms with Crippen molar-refractivity contribution < 1.29 is 19.1 Å². The van der Waals surface area contributed by atoms with Crippen LogP contribution in [-0.2, 0) is 9.59 Å². The van der Waals surface area contributed by atoms with Gasteiger partial charge in [0, 0.05) is 25.6 Å². The van der Waals surface area contributed by atoms with Crippen LogP contribution in [0.15, 0.2) is 18.2 Å². The summed E-state index contributed by atoms with van der Waals surface area (Å²) in [4.78, 5) is 36.5. The van der Waals surface area contributed by atoms with Crippen molar-refractivity contribution in [2.75, 3.05) is 48.6 Å². The molecule has 31 heavy (non-hydrogen) atoms. The lowest BCUT2D eigenvalue weighted by Crippen LogP contribution is -2.35. The van der Waals surface area contributed by atoms with Gasteiger partial charge >= 0.3 is 0 Å². The molecule has 3 heterocycles. The number of fused-ring (bicyclic) bond motifs is 1. The van der Waals surface area contributed by atoms with Gasteiger partial charge in [-0.25, -0.2) is 0 Å². The van der Waals surface area contributed by atoms with Gasteiger partial charge in [0.1, 0.15) is 23.1 Å². The highest BCUT2D eigenvalue weighted by molar-refractivity contribution is 6.06. The van der Waals surface area contributed by atoms with E-state index in [-0.39, 0.29) is 24.1 Å². The predicted molar refractivity (Wildman–Crippen MR) is 117 cm³/mol. The molecule has 0 bridgehead atoms. The fraction of sp³-hybridized carbons (Fsp3) is 0.429. The molecule has 2 aromatic rings. The molecule has 0 aliphatic carbocycles. The third-order valence-electron chi connectivity index (χ3n) is 5.58. The number of hydrogen-bond donors (Lipinski definition) is 3. The monoisotopic (exact) mass is 426 g/mol. The Hall–Kier alpha value is -3.56. The van der Waals surface area contributed by atoms with Crippen LogP contribution in [0.2, 0.25) is 0 Å². The SMILES string of the molecule is COc1ccc(NC(=O)[C@@H]2CC(=O)Nc3nc(N4CCCCC4)nc(N)c32)c(OC)c1. The zero-order chi connectivity index (χ0) is 22.0. The van der Waals surface area contributed by atoms with Crippen molar-refractivity contribution in [3.8, 4) is 11.5 Å². The van der Waals surface area contributed by atoms with Crippen molar-refractivity contribution in [1.82, 2.24) is 9.97 Å². The molecule has 0 spiro atoms. The van der Waals surface area contributed by atoms with Crippen molar-refractivity contribution in [2.45, 2.75) is 31.6 Å². The van der Waals surface area contributed by atoms with Gasteiger partial charge in [0.15, 0.2) is 0 Å². The number of rotatable bonds is 5. The second kappa shape index (κ2) is 8.66. The Bertz CT molecular complexity index is 1010. The minimum absolute atomic E-state index is 0.0477. The van der Waals surface area contributed by atoms with Crippen LogP contribution in [0.25, 0.3) is 0 Å². The van der Waals surface area contributed by atoms with E-state index in [1.807, 2.05) is 0 Å². The number of nitrogens with two attached hydrogens (primary N) is 1. The maximum Gasteiger partial charge on any atom is 0.232 e. The minimum atomic E-state index is -0.814. The standard InChI is InChI=1S/C21H26N6O4/c1-30-12-6-7-14(15(10-12)31-2)23-20(29)13-11-16(28)24-19-17(13)18(22)25-21(26-19)27-8-4-3-5-9-27/h6-7,10,13H,3-5,8-9,11H2,1-2H3,(H,23,29)(H3,22,24,25,26,28)/t13-/m1/s1. The van der Waals surface area contributed by atoms with Crippen molar-refractivity contribution in [2.24, 2.45) is 0 Å². The summed E-state index contributed by atoms with van der Waals surface area (Å²) in [6.07, 6.45) is 3.24. The molecule has 1 atom stereocenters. The van der Waals surface area contributed by atoms with Gasteiger partial charge in [-0.15, -0.1) is 0 Å². The van der Waals surface area contributed by atoms with E-state index in [1.165, 1.54) is 13.5 Å². The summed E-state index contributed by atoms with van der Waals surface area (Å²) in [6.45, 7) is 1.68. The second-order valence-corrected chi connectivity index (χ2v) is 7.58. The van der Waals surface area contributed by atoms with E-state index in [1.54, 1.807) is 25.3 Å². The lowest BCUT2D eigenvalue weighted by atomic mass is 9.91. The van der Waals surface area contributed by atoms with Gasteiger partial charge in [0.2, 0.25) is 17.8 Å². The lowest BCUT2D eigenvalue weighted by molar-refractivity contribution is -0.123. The number of ether oxygens (including phenoxy) is 2. The van der Waals surface area contributed by atoms with Gasteiger partial charge in [-0.05, 0) is 31.4 Å². The normalized spacial score (nSPS) is 18.1. The number of amides is 2. The number of nitrogens with one attached hydrogen (secondary N) is 2. The van der Waals surface area contributed by atoms with Crippen molar-refractivity contribution >= 4 is 35.1 Å². The Morgan fingerprint density at radius 1 is 1.19 bits per heavy atom. The molecule has 164 valence electrons. The average Bonchev–Trinajstić information content (AvgIpc) is 2.78. The third-order valence-corrected chi connectivity index (χ3v) is 5.58. The molecule has 10 nitrogen and oxygen atoms in total. The summed E-state index contributed by atoms with van der Waals surface area (Å²) >= 11 is 0. The largest absolute Gasteiger partial charge is 0.497 e. The number of carbonyl (C=O) groups excluding carboxylic acids is 2. The zero-order valence-corrected chi connectivity index (χ0v) is 17.6. The molecular weight excluding hydrogens is 400 g/mol. The Morgan fingerprint density at radius 2 is 1.97 bits per heavy atom. The smallest absolute Gasteiger partial charge is 0.232 e. The van der Waals surface area contributed by atoms with E-state index in [0.717, 1.165) is 25.9 Å². The summed E-state index contributed by atoms with van der Waals surface area (Å²) < 4.78 is 10.5. The van der Waals surface area contributed by atoms with Crippen molar-refractivity contribution in [3.63, 3.8) is 0 Å². The Labute approximate surface area is 180 Å². The van der Waals surface area contributed by atoms with E-state index >= 15 is 0 Å². The molecule has 1 aromatic heterocycles. The summed E-state index contributed by atoms with van der Waals surface area (Å²) in [7, 11) is 3.05. The quantitative estimate of drug-likeness (QED) is 0.663. The summed E-state index contributed by atoms with van der Waals surface area (Å²) in [5.41, 5.74) is 7.16.